The van der Waals surface area contributed by atoms with Crippen molar-refractivity contribution < 1.29 is 4.74 Å². The standard InChI is InChI=1S/C15H18BrN3O2/c1-3-18(2)13-10-15(20)19(17-11-13)8-9-21-14-6-4-12(16)5-7-14/h4-7,10-11H,3,8-9H2,1-2H3. The molecule has 0 saturated heterocycles. The smallest absolute Gasteiger partial charge is 0.268 e. The third kappa shape index (κ3) is 4.32. The first-order chi connectivity index (χ1) is 10.1. The van der Waals surface area contributed by atoms with Crippen molar-refractivity contribution in [1.29, 1.82) is 0 Å². The van der Waals surface area contributed by atoms with Gasteiger partial charge in [-0.25, -0.2) is 4.68 Å². The van der Waals surface area contributed by atoms with Crippen LogP contribution in [0.1, 0.15) is 6.92 Å². The third-order valence-electron chi connectivity index (χ3n) is 3.16. The van der Waals surface area contributed by atoms with E-state index >= 15 is 0 Å². The minimum absolute atomic E-state index is 0.118. The summed E-state index contributed by atoms with van der Waals surface area (Å²) in [6.45, 7) is 3.68. The Hall–Kier alpha value is -1.82. The van der Waals surface area contributed by atoms with E-state index in [4.69, 9.17) is 4.74 Å². The second-order valence-corrected chi connectivity index (χ2v) is 5.51. The van der Waals surface area contributed by atoms with Crippen molar-refractivity contribution in [2.24, 2.45) is 0 Å². The fraction of sp³-hybridized carbons (Fsp3) is 0.333. The average molecular weight is 352 g/mol. The first-order valence-electron chi connectivity index (χ1n) is 6.77. The summed E-state index contributed by atoms with van der Waals surface area (Å²) in [6, 6.07) is 9.17. The molecular formula is C15H18BrN3O2. The molecule has 0 aliphatic carbocycles. The van der Waals surface area contributed by atoms with Crippen molar-refractivity contribution in [3.8, 4) is 5.75 Å². The molecule has 6 heteroatoms. The van der Waals surface area contributed by atoms with Gasteiger partial charge in [0.2, 0.25) is 0 Å². The third-order valence-corrected chi connectivity index (χ3v) is 3.68. The molecule has 21 heavy (non-hydrogen) atoms. The first-order valence-corrected chi connectivity index (χ1v) is 7.56. The van der Waals surface area contributed by atoms with Crippen LogP contribution >= 0.6 is 15.9 Å². The molecule has 0 fully saturated rings. The first kappa shape index (κ1) is 15.6. The predicted octanol–water partition coefficient (Wildman–Crippen LogP) is 2.54. The minimum Gasteiger partial charge on any atom is -0.492 e. The zero-order valence-electron chi connectivity index (χ0n) is 12.1. The lowest BCUT2D eigenvalue weighted by molar-refractivity contribution is 0.288. The van der Waals surface area contributed by atoms with Crippen molar-refractivity contribution in [3.63, 3.8) is 0 Å². The summed E-state index contributed by atoms with van der Waals surface area (Å²) in [6.07, 6.45) is 1.70. The Balaban J connectivity index is 1.94. The number of benzene rings is 1. The fourth-order valence-corrected chi connectivity index (χ4v) is 2.03. The Labute approximate surface area is 132 Å². The van der Waals surface area contributed by atoms with Crippen LogP contribution < -0.4 is 15.2 Å². The maximum Gasteiger partial charge on any atom is 0.268 e. The number of aromatic nitrogens is 2. The number of halogens is 1. The van der Waals surface area contributed by atoms with Crippen molar-refractivity contribution in [3.05, 3.63) is 51.4 Å². The molecule has 1 aromatic heterocycles. The molecule has 0 bridgehead atoms. The lowest BCUT2D eigenvalue weighted by Crippen LogP contribution is -2.27. The number of rotatable bonds is 6. The zero-order valence-corrected chi connectivity index (χ0v) is 13.7. The van der Waals surface area contributed by atoms with Gasteiger partial charge in [-0.15, -0.1) is 0 Å². The van der Waals surface area contributed by atoms with Gasteiger partial charge in [-0.1, -0.05) is 15.9 Å². The summed E-state index contributed by atoms with van der Waals surface area (Å²) in [5.41, 5.74) is 0.708. The van der Waals surface area contributed by atoms with Crippen LogP contribution in [0.15, 0.2) is 45.8 Å². The molecule has 0 amide bonds. The Morgan fingerprint density at radius 2 is 2.05 bits per heavy atom. The number of ether oxygens (including phenoxy) is 1. The maximum atomic E-state index is 12.0. The quantitative estimate of drug-likeness (QED) is 0.802. The lowest BCUT2D eigenvalue weighted by Gasteiger charge is -2.16. The normalized spacial score (nSPS) is 10.4. The van der Waals surface area contributed by atoms with Crippen LogP contribution in [0.5, 0.6) is 5.75 Å². The topological polar surface area (TPSA) is 47.4 Å². The summed E-state index contributed by atoms with van der Waals surface area (Å²) in [5.74, 6) is 0.772. The van der Waals surface area contributed by atoms with Crippen LogP contribution in [0.2, 0.25) is 0 Å². The van der Waals surface area contributed by atoms with Crippen molar-refractivity contribution >= 4 is 21.6 Å². The Morgan fingerprint density at radius 1 is 1.33 bits per heavy atom. The van der Waals surface area contributed by atoms with Gasteiger partial charge in [0.15, 0.2) is 0 Å². The van der Waals surface area contributed by atoms with Gasteiger partial charge in [0.25, 0.3) is 5.56 Å². The molecular weight excluding hydrogens is 334 g/mol. The molecule has 2 aromatic rings. The molecule has 0 aliphatic rings. The second kappa shape index (κ2) is 7.26. The van der Waals surface area contributed by atoms with Gasteiger partial charge >= 0.3 is 0 Å². The Kier molecular flexibility index (Phi) is 5.38. The largest absolute Gasteiger partial charge is 0.492 e. The highest BCUT2D eigenvalue weighted by atomic mass is 79.9. The minimum atomic E-state index is -0.118. The van der Waals surface area contributed by atoms with Gasteiger partial charge in [0.1, 0.15) is 12.4 Å². The summed E-state index contributed by atoms with van der Waals surface area (Å²) in [4.78, 5) is 13.9. The second-order valence-electron chi connectivity index (χ2n) is 4.59. The highest BCUT2D eigenvalue weighted by Crippen LogP contribution is 2.15. The molecule has 1 aromatic carbocycles. The molecule has 0 unspecified atom stereocenters. The van der Waals surface area contributed by atoms with Crippen LogP contribution in [0.3, 0.4) is 0 Å². The number of nitrogens with zero attached hydrogens (tertiary/aromatic N) is 3. The fourth-order valence-electron chi connectivity index (χ4n) is 1.76. The van der Waals surface area contributed by atoms with E-state index in [-0.39, 0.29) is 5.56 Å². The van der Waals surface area contributed by atoms with Gasteiger partial charge in [0.05, 0.1) is 18.4 Å². The summed E-state index contributed by atoms with van der Waals surface area (Å²) in [7, 11) is 1.93. The number of anilines is 1. The van der Waals surface area contributed by atoms with Crippen molar-refractivity contribution in [1.82, 2.24) is 9.78 Å². The van der Waals surface area contributed by atoms with E-state index in [1.54, 1.807) is 12.3 Å². The van der Waals surface area contributed by atoms with E-state index in [2.05, 4.69) is 21.0 Å². The molecule has 0 radical (unpaired) electrons. The van der Waals surface area contributed by atoms with E-state index in [9.17, 15) is 4.79 Å². The Morgan fingerprint density at radius 3 is 2.67 bits per heavy atom. The summed E-state index contributed by atoms with van der Waals surface area (Å²) < 4.78 is 8.00. The van der Waals surface area contributed by atoms with Crippen LogP contribution in [0.25, 0.3) is 0 Å². The SMILES string of the molecule is CCN(C)c1cnn(CCOc2ccc(Br)cc2)c(=O)c1. The van der Waals surface area contributed by atoms with Crippen molar-refractivity contribution in [2.45, 2.75) is 13.5 Å². The van der Waals surface area contributed by atoms with Crippen LogP contribution in [-0.4, -0.2) is 30.0 Å². The molecule has 0 atom stereocenters. The van der Waals surface area contributed by atoms with E-state index in [0.29, 0.717) is 13.2 Å². The van der Waals surface area contributed by atoms with Gasteiger partial charge < -0.3 is 9.64 Å². The molecule has 0 aliphatic heterocycles. The lowest BCUT2D eigenvalue weighted by atomic mass is 10.3. The zero-order chi connectivity index (χ0) is 15.2. The van der Waals surface area contributed by atoms with Gasteiger partial charge in [-0.2, -0.15) is 5.10 Å². The monoisotopic (exact) mass is 351 g/mol. The highest BCUT2D eigenvalue weighted by molar-refractivity contribution is 9.10. The summed E-state index contributed by atoms with van der Waals surface area (Å²) >= 11 is 3.37. The van der Waals surface area contributed by atoms with Gasteiger partial charge in [-0.3, -0.25) is 4.79 Å². The van der Waals surface area contributed by atoms with E-state index in [1.165, 1.54) is 4.68 Å². The van der Waals surface area contributed by atoms with Gasteiger partial charge in [-0.05, 0) is 31.2 Å². The van der Waals surface area contributed by atoms with Gasteiger partial charge in [0, 0.05) is 24.1 Å². The highest BCUT2D eigenvalue weighted by Gasteiger charge is 2.03. The van der Waals surface area contributed by atoms with E-state index < -0.39 is 0 Å². The van der Waals surface area contributed by atoms with Crippen LogP contribution in [0, 0.1) is 0 Å². The van der Waals surface area contributed by atoms with E-state index in [0.717, 1.165) is 22.5 Å². The summed E-state index contributed by atoms with van der Waals surface area (Å²) in [5, 5.41) is 4.17. The van der Waals surface area contributed by atoms with Crippen molar-refractivity contribution in [2.75, 3.05) is 25.1 Å². The molecule has 5 nitrogen and oxygen atoms in total. The molecule has 0 N–H and O–H groups in total. The van der Waals surface area contributed by atoms with E-state index in [1.807, 2.05) is 43.1 Å². The molecule has 0 saturated carbocycles. The number of hydrogen-bond donors (Lipinski definition) is 0. The number of hydrogen-bond acceptors (Lipinski definition) is 4. The molecule has 1 heterocycles. The molecule has 112 valence electrons. The average Bonchev–Trinajstić information content (AvgIpc) is 2.50. The van der Waals surface area contributed by atoms with Crippen LogP contribution in [0.4, 0.5) is 5.69 Å². The molecule has 2 rings (SSSR count). The predicted molar refractivity (Wildman–Crippen MR) is 87.1 cm³/mol. The van der Waals surface area contributed by atoms with Crippen LogP contribution in [-0.2, 0) is 6.54 Å². The maximum absolute atomic E-state index is 12.0. The Bertz CT molecular complexity index is 640. The molecule has 0 spiro atoms.